The Hall–Kier alpha value is -1.36. The van der Waals surface area contributed by atoms with Crippen molar-refractivity contribution in [3.05, 3.63) is 0 Å². The predicted octanol–water partition coefficient (Wildman–Crippen LogP) is 0.789. The van der Waals surface area contributed by atoms with Gasteiger partial charge in [-0.2, -0.15) is 0 Å². The first-order valence-electron chi connectivity index (χ1n) is 3.33. The van der Waals surface area contributed by atoms with Gasteiger partial charge in [-0.25, -0.2) is 0 Å². The maximum Gasteiger partial charge on any atom is 0.104 e. The fourth-order valence-corrected chi connectivity index (χ4v) is 0.420. The Morgan fingerprint density at radius 2 is 1.45 bits per heavy atom. The van der Waals surface area contributed by atoms with Crippen LogP contribution in [0, 0.1) is 35.5 Å². The van der Waals surface area contributed by atoms with E-state index in [9.17, 15) is 0 Å². The Morgan fingerprint density at radius 3 is 2.00 bits per heavy atom. The minimum Gasteiger partial charge on any atom is -0.384 e. The average Bonchev–Trinajstić information content (AvgIpc) is 2.03. The third-order valence-corrected chi connectivity index (χ3v) is 0.859. The van der Waals surface area contributed by atoms with Crippen molar-refractivity contribution in [1.29, 1.82) is 0 Å². The second kappa shape index (κ2) is 8.64. The summed E-state index contributed by atoms with van der Waals surface area (Å²) in [6, 6.07) is 0. The van der Waals surface area contributed by atoms with Crippen LogP contribution in [0.15, 0.2) is 0 Å². The van der Waals surface area contributed by atoms with Gasteiger partial charge >= 0.3 is 0 Å². The molecule has 0 heterocycles. The molecule has 1 heteroatoms. The third kappa shape index (κ3) is 8.64. The summed E-state index contributed by atoms with van der Waals surface area (Å²) in [5.74, 6) is 16.4. The molecule has 0 fully saturated rings. The third-order valence-electron chi connectivity index (χ3n) is 0.859. The van der Waals surface area contributed by atoms with Gasteiger partial charge in [-0.3, -0.25) is 0 Å². The van der Waals surface area contributed by atoms with Crippen molar-refractivity contribution in [2.24, 2.45) is 0 Å². The Morgan fingerprint density at radius 1 is 0.909 bits per heavy atom. The first-order chi connectivity index (χ1) is 5.41. The molecule has 11 heavy (non-hydrogen) atoms. The lowest BCUT2D eigenvalue weighted by atomic mass is 10.3. The van der Waals surface area contributed by atoms with E-state index in [1.54, 1.807) is 6.92 Å². The molecule has 0 aromatic rings. The van der Waals surface area contributed by atoms with Gasteiger partial charge < -0.3 is 5.11 Å². The van der Waals surface area contributed by atoms with Crippen LogP contribution in [0.2, 0.25) is 0 Å². The first-order valence-corrected chi connectivity index (χ1v) is 3.33. The van der Waals surface area contributed by atoms with E-state index in [-0.39, 0.29) is 6.61 Å². The van der Waals surface area contributed by atoms with E-state index in [2.05, 4.69) is 35.5 Å². The summed E-state index contributed by atoms with van der Waals surface area (Å²) in [7, 11) is 0. The van der Waals surface area contributed by atoms with Gasteiger partial charge in [-0.05, 0) is 6.92 Å². The monoisotopic (exact) mass is 146 g/mol. The highest BCUT2D eigenvalue weighted by atomic mass is 16.2. The van der Waals surface area contributed by atoms with Crippen LogP contribution in [0.3, 0.4) is 0 Å². The van der Waals surface area contributed by atoms with E-state index in [1.165, 1.54) is 0 Å². The Labute approximate surface area is 67.8 Å². The van der Waals surface area contributed by atoms with Crippen LogP contribution >= 0.6 is 0 Å². The molecular formula is C10H10O. The molecule has 0 aromatic carbocycles. The number of hydrogen-bond donors (Lipinski definition) is 1. The largest absolute Gasteiger partial charge is 0.384 e. The maximum absolute atomic E-state index is 8.26. The van der Waals surface area contributed by atoms with Crippen molar-refractivity contribution in [1.82, 2.24) is 0 Å². The molecule has 0 unspecified atom stereocenters. The number of aliphatic hydroxyl groups is 1. The lowest BCUT2D eigenvalue weighted by Gasteiger charge is -1.71. The highest BCUT2D eigenvalue weighted by Crippen LogP contribution is 1.73. The minimum absolute atomic E-state index is 0.0869. The molecule has 0 amide bonds. The highest BCUT2D eigenvalue weighted by Gasteiger charge is 1.66. The van der Waals surface area contributed by atoms with Crippen molar-refractivity contribution >= 4 is 0 Å². The smallest absolute Gasteiger partial charge is 0.104 e. The molecule has 56 valence electrons. The van der Waals surface area contributed by atoms with Crippen LogP contribution < -0.4 is 0 Å². The summed E-state index contributed by atoms with van der Waals surface area (Å²) in [5, 5.41) is 8.26. The first kappa shape index (κ1) is 9.64. The van der Waals surface area contributed by atoms with Crippen molar-refractivity contribution in [2.75, 3.05) is 6.61 Å². The van der Waals surface area contributed by atoms with E-state index in [4.69, 9.17) is 5.11 Å². The van der Waals surface area contributed by atoms with Crippen LogP contribution in [0.25, 0.3) is 0 Å². The normalized spacial score (nSPS) is 6.00. The van der Waals surface area contributed by atoms with Crippen molar-refractivity contribution in [3.8, 4) is 35.5 Å². The van der Waals surface area contributed by atoms with Gasteiger partial charge in [0, 0.05) is 0 Å². The quantitative estimate of drug-likeness (QED) is 0.501. The van der Waals surface area contributed by atoms with Crippen LogP contribution in [-0.4, -0.2) is 11.7 Å². The summed E-state index contributed by atoms with van der Waals surface area (Å²) in [6.07, 6.45) is 1.13. The minimum atomic E-state index is -0.0869. The predicted molar refractivity (Wildman–Crippen MR) is 45.3 cm³/mol. The van der Waals surface area contributed by atoms with Crippen LogP contribution in [0.4, 0.5) is 0 Å². The van der Waals surface area contributed by atoms with Gasteiger partial charge in [-0.15, -0.1) is 5.92 Å². The van der Waals surface area contributed by atoms with Gasteiger partial charge in [0.1, 0.15) is 6.61 Å². The molecular weight excluding hydrogens is 136 g/mol. The lowest BCUT2D eigenvalue weighted by molar-refractivity contribution is 0.350. The van der Waals surface area contributed by atoms with Crippen molar-refractivity contribution in [3.63, 3.8) is 0 Å². The van der Waals surface area contributed by atoms with Gasteiger partial charge in [-0.1, -0.05) is 29.6 Å². The maximum atomic E-state index is 8.26. The molecule has 0 rings (SSSR count). The molecule has 0 radical (unpaired) electrons. The molecule has 0 saturated carbocycles. The van der Waals surface area contributed by atoms with Crippen LogP contribution in [-0.2, 0) is 0 Å². The van der Waals surface area contributed by atoms with Crippen molar-refractivity contribution < 1.29 is 5.11 Å². The number of rotatable bonds is 0. The van der Waals surface area contributed by atoms with E-state index in [1.807, 2.05) is 0 Å². The molecule has 0 aromatic heterocycles. The van der Waals surface area contributed by atoms with Gasteiger partial charge in [0.2, 0.25) is 0 Å². The molecule has 1 nitrogen and oxygen atoms in total. The summed E-state index contributed by atoms with van der Waals surface area (Å²) >= 11 is 0. The molecule has 0 atom stereocenters. The summed E-state index contributed by atoms with van der Waals surface area (Å²) in [4.78, 5) is 0. The Bertz CT molecular complexity index is 256. The molecule has 0 bridgehead atoms. The van der Waals surface area contributed by atoms with E-state index in [0.29, 0.717) is 12.8 Å². The van der Waals surface area contributed by atoms with Crippen molar-refractivity contribution in [2.45, 2.75) is 19.8 Å². The van der Waals surface area contributed by atoms with E-state index < -0.39 is 0 Å². The van der Waals surface area contributed by atoms with Gasteiger partial charge in [0.15, 0.2) is 0 Å². The summed E-state index contributed by atoms with van der Waals surface area (Å²) < 4.78 is 0. The van der Waals surface area contributed by atoms with Crippen LogP contribution in [0.1, 0.15) is 19.8 Å². The molecule has 0 saturated heterocycles. The zero-order chi connectivity index (χ0) is 8.36. The molecule has 0 spiro atoms. The highest BCUT2D eigenvalue weighted by molar-refractivity contribution is 5.15. The average molecular weight is 146 g/mol. The van der Waals surface area contributed by atoms with E-state index in [0.717, 1.165) is 0 Å². The fraction of sp³-hybridized carbons (Fsp3) is 0.400. The van der Waals surface area contributed by atoms with Crippen LogP contribution in [0.5, 0.6) is 0 Å². The van der Waals surface area contributed by atoms with Gasteiger partial charge in [0.25, 0.3) is 0 Å². The Balaban J connectivity index is 3.45. The number of aliphatic hydroxyl groups excluding tert-OH is 1. The topological polar surface area (TPSA) is 20.2 Å². The summed E-state index contributed by atoms with van der Waals surface area (Å²) in [5.41, 5.74) is 0. The molecule has 0 aliphatic rings. The molecule has 0 aliphatic carbocycles. The zero-order valence-electron chi connectivity index (χ0n) is 6.57. The zero-order valence-corrected chi connectivity index (χ0v) is 6.57. The van der Waals surface area contributed by atoms with Gasteiger partial charge in [0.05, 0.1) is 12.8 Å². The fourth-order valence-electron chi connectivity index (χ4n) is 0.420. The SMILES string of the molecule is CC#CCC#CCC#CCO. The number of hydrogen-bond acceptors (Lipinski definition) is 1. The second-order valence-corrected chi connectivity index (χ2v) is 1.65. The van der Waals surface area contributed by atoms with E-state index >= 15 is 0 Å². The Kier molecular flexibility index (Phi) is 7.57. The molecule has 0 aliphatic heterocycles. The second-order valence-electron chi connectivity index (χ2n) is 1.65. The summed E-state index contributed by atoms with van der Waals surface area (Å²) in [6.45, 7) is 1.70. The standard InChI is InChI=1S/C10H10O/c1-2-3-4-5-6-7-8-9-10-11/h11H,4,7,10H2,1H3. The lowest BCUT2D eigenvalue weighted by Crippen LogP contribution is -1.70. The molecule has 1 N–H and O–H groups in total.